The van der Waals surface area contributed by atoms with Gasteiger partial charge in [0.1, 0.15) is 0 Å². The summed E-state index contributed by atoms with van der Waals surface area (Å²) < 4.78 is 39.9. The molecule has 1 unspecified atom stereocenters. The van der Waals surface area contributed by atoms with Gasteiger partial charge in [-0.1, -0.05) is 17.7 Å². The van der Waals surface area contributed by atoms with Crippen molar-refractivity contribution in [2.75, 3.05) is 11.0 Å². The maximum Gasteiger partial charge on any atom is 0.229 e. The molecule has 2 N–H and O–H groups in total. The summed E-state index contributed by atoms with van der Waals surface area (Å²) in [4.78, 5) is 0. The number of aryl methyl sites for hydroxylation is 1. The number of rotatable bonds is 5. The SMILES string of the molecule is Cc1cc([C@@H](C)NS(=O)C(C)(C)C)c(Cl)cc1NS(C)(=O)=O. The summed E-state index contributed by atoms with van der Waals surface area (Å²) in [6.45, 7) is 9.31. The molecule has 0 amide bonds. The highest BCUT2D eigenvalue weighted by molar-refractivity contribution is 7.92. The van der Waals surface area contributed by atoms with Crippen molar-refractivity contribution in [2.24, 2.45) is 0 Å². The smallest absolute Gasteiger partial charge is 0.229 e. The molecule has 0 aliphatic carbocycles. The van der Waals surface area contributed by atoms with Gasteiger partial charge in [0.25, 0.3) is 0 Å². The van der Waals surface area contributed by atoms with Crippen LogP contribution in [0.25, 0.3) is 0 Å². The van der Waals surface area contributed by atoms with Gasteiger partial charge in [-0.25, -0.2) is 17.3 Å². The van der Waals surface area contributed by atoms with E-state index in [4.69, 9.17) is 11.6 Å². The van der Waals surface area contributed by atoms with E-state index >= 15 is 0 Å². The molecule has 0 bridgehead atoms. The first kappa shape index (κ1) is 19.4. The largest absolute Gasteiger partial charge is 0.283 e. The molecule has 126 valence electrons. The Morgan fingerprint density at radius 2 is 1.82 bits per heavy atom. The first-order valence-corrected chi connectivity index (χ1v) is 10.2. The third-order valence-electron chi connectivity index (χ3n) is 2.95. The zero-order valence-electron chi connectivity index (χ0n) is 13.7. The van der Waals surface area contributed by atoms with Crippen LogP contribution in [0.3, 0.4) is 0 Å². The van der Waals surface area contributed by atoms with Gasteiger partial charge >= 0.3 is 0 Å². The molecule has 0 aliphatic rings. The molecule has 0 spiro atoms. The van der Waals surface area contributed by atoms with Crippen LogP contribution in [-0.4, -0.2) is 23.6 Å². The molecule has 1 aromatic carbocycles. The summed E-state index contributed by atoms with van der Waals surface area (Å²) in [5.74, 6) is 0. The molecule has 0 heterocycles. The Bertz CT molecular complexity index is 682. The van der Waals surface area contributed by atoms with E-state index in [2.05, 4.69) is 9.44 Å². The topological polar surface area (TPSA) is 75.3 Å². The molecular formula is C14H23ClN2O3S2. The Balaban J connectivity index is 3.07. The van der Waals surface area contributed by atoms with Crippen LogP contribution in [0.2, 0.25) is 5.02 Å². The third kappa shape index (κ3) is 5.53. The van der Waals surface area contributed by atoms with Crippen molar-refractivity contribution in [1.82, 2.24) is 4.72 Å². The van der Waals surface area contributed by atoms with Crippen molar-refractivity contribution in [3.63, 3.8) is 0 Å². The molecule has 2 atom stereocenters. The summed E-state index contributed by atoms with van der Waals surface area (Å²) in [5, 5.41) is 0.419. The van der Waals surface area contributed by atoms with Crippen LogP contribution < -0.4 is 9.44 Å². The Kier molecular flexibility index (Phi) is 6.06. The molecule has 0 radical (unpaired) electrons. The van der Waals surface area contributed by atoms with Crippen LogP contribution in [0.1, 0.15) is 44.9 Å². The molecule has 0 aromatic heterocycles. The minimum absolute atomic E-state index is 0.224. The van der Waals surface area contributed by atoms with E-state index in [-0.39, 0.29) is 10.8 Å². The highest BCUT2D eigenvalue weighted by Gasteiger charge is 2.23. The highest BCUT2D eigenvalue weighted by Crippen LogP contribution is 2.30. The lowest BCUT2D eigenvalue weighted by atomic mass is 10.1. The molecule has 8 heteroatoms. The standard InChI is InChI=1S/C14H23ClN2O3S2/c1-9-7-11(10(2)16-21(18)14(3,4)5)12(15)8-13(9)17-22(6,19)20/h7-8,10,16-17H,1-6H3/t10-,21?/m1/s1. The van der Waals surface area contributed by atoms with Gasteiger partial charge < -0.3 is 0 Å². The van der Waals surface area contributed by atoms with Crippen molar-refractivity contribution < 1.29 is 12.6 Å². The molecule has 5 nitrogen and oxygen atoms in total. The van der Waals surface area contributed by atoms with Gasteiger partial charge in [-0.2, -0.15) is 0 Å². The number of benzene rings is 1. The first-order valence-electron chi connectivity index (χ1n) is 6.77. The van der Waals surface area contributed by atoms with Gasteiger partial charge in [0, 0.05) is 11.1 Å². The van der Waals surface area contributed by atoms with Crippen LogP contribution in [0, 0.1) is 6.92 Å². The number of anilines is 1. The monoisotopic (exact) mass is 366 g/mol. The minimum Gasteiger partial charge on any atom is -0.283 e. The molecule has 0 aliphatic heterocycles. The lowest BCUT2D eigenvalue weighted by Crippen LogP contribution is -2.34. The zero-order valence-corrected chi connectivity index (χ0v) is 16.0. The molecular weight excluding hydrogens is 344 g/mol. The van der Waals surface area contributed by atoms with E-state index in [9.17, 15) is 12.6 Å². The number of hydrogen-bond acceptors (Lipinski definition) is 3. The molecule has 0 fully saturated rings. The normalized spacial score (nSPS) is 15.4. The maximum atomic E-state index is 12.2. The summed E-state index contributed by atoms with van der Waals surface area (Å²) in [7, 11) is -4.58. The first-order chi connectivity index (χ1) is 9.81. The second kappa shape index (κ2) is 6.86. The Morgan fingerprint density at radius 1 is 1.27 bits per heavy atom. The second-order valence-electron chi connectivity index (χ2n) is 6.28. The van der Waals surface area contributed by atoms with E-state index in [0.29, 0.717) is 10.7 Å². The van der Waals surface area contributed by atoms with Gasteiger partial charge in [0.05, 0.1) is 27.7 Å². The predicted octanol–water partition coefficient (Wildman–Crippen LogP) is 3.13. The molecule has 22 heavy (non-hydrogen) atoms. The van der Waals surface area contributed by atoms with Crippen LogP contribution in [-0.2, 0) is 21.0 Å². The van der Waals surface area contributed by atoms with Gasteiger partial charge in [0.15, 0.2) is 0 Å². The lowest BCUT2D eigenvalue weighted by Gasteiger charge is -2.23. The second-order valence-corrected chi connectivity index (χ2v) is 10.4. The quantitative estimate of drug-likeness (QED) is 0.840. The van der Waals surface area contributed by atoms with Crippen LogP contribution in [0.4, 0.5) is 5.69 Å². The van der Waals surface area contributed by atoms with E-state index in [0.717, 1.165) is 17.4 Å². The van der Waals surface area contributed by atoms with Gasteiger partial charge in [-0.05, 0) is 51.8 Å². The minimum atomic E-state index is -3.36. The number of nitrogens with one attached hydrogen (secondary N) is 2. The van der Waals surface area contributed by atoms with Crippen molar-refractivity contribution in [1.29, 1.82) is 0 Å². The Morgan fingerprint density at radius 3 is 2.27 bits per heavy atom. The summed E-state index contributed by atoms with van der Waals surface area (Å²) in [5.41, 5.74) is 1.97. The van der Waals surface area contributed by atoms with E-state index in [1.54, 1.807) is 19.1 Å². The van der Waals surface area contributed by atoms with Crippen LogP contribution in [0.5, 0.6) is 0 Å². The average Bonchev–Trinajstić information content (AvgIpc) is 2.30. The van der Waals surface area contributed by atoms with E-state index < -0.39 is 21.0 Å². The Labute approximate surface area is 140 Å². The zero-order chi connectivity index (χ0) is 17.3. The molecule has 1 aromatic rings. The summed E-state index contributed by atoms with van der Waals surface area (Å²) in [6, 6.07) is 3.15. The van der Waals surface area contributed by atoms with Crippen molar-refractivity contribution >= 4 is 38.3 Å². The molecule has 0 saturated carbocycles. The van der Waals surface area contributed by atoms with Crippen molar-refractivity contribution in [2.45, 2.75) is 45.4 Å². The summed E-state index contributed by atoms with van der Waals surface area (Å²) in [6.07, 6.45) is 1.09. The van der Waals surface area contributed by atoms with Crippen molar-refractivity contribution in [3.05, 3.63) is 28.3 Å². The van der Waals surface area contributed by atoms with Crippen LogP contribution >= 0.6 is 11.6 Å². The predicted molar refractivity (Wildman–Crippen MR) is 94.1 cm³/mol. The maximum absolute atomic E-state index is 12.2. The number of hydrogen-bond donors (Lipinski definition) is 2. The van der Waals surface area contributed by atoms with E-state index in [1.807, 2.05) is 27.7 Å². The van der Waals surface area contributed by atoms with Crippen molar-refractivity contribution in [3.8, 4) is 0 Å². The van der Waals surface area contributed by atoms with Gasteiger partial charge in [-0.3, -0.25) is 4.72 Å². The van der Waals surface area contributed by atoms with E-state index in [1.165, 1.54) is 0 Å². The van der Waals surface area contributed by atoms with Gasteiger partial charge in [-0.15, -0.1) is 0 Å². The molecule has 1 rings (SSSR count). The van der Waals surface area contributed by atoms with Gasteiger partial charge in [0.2, 0.25) is 10.0 Å². The average molecular weight is 367 g/mol. The fourth-order valence-electron chi connectivity index (χ4n) is 1.75. The van der Waals surface area contributed by atoms with Crippen LogP contribution in [0.15, 0.2) is 12.1 Å². The fraction of sp³-hybridized carbons (Fsp3) is 0.571. The molecule has 0 saturated heterocycles. The lowest BCUT2D eigenvalue weighted by molar-refractivity contribution is 0.606. The number of halogens is 1. The third-order valence-corrected chi connectivity index (χ3v) is 5.54. The highest BCUT2D eigenvalue weighted by atomic mass is 35.5. The summed E-state index contributed by atoms with van der Waals surface area (Å²) >= 11 is 6.25. The Hall–Kier alpha value is -0.630. The fourth-order valence-corrected chi connectivity index (χ4v) is 3.49. The number of sulfonamides is 1.